The van der Waals surface area contributed by atoms with Gasteiger partial charge in [-0.15, -0.1) is 0 Å². The second kappa shape index (κ2) is 4.54. The zero-order valence-electron chi connectivity index (χ0n) is 8.91. The molecule has 1 fully saturated rings. The molecule has 1 heterocycles. The highest BCUT2D eigenvalue weighted by Gasteiger charge is 2.25. The van der Waals surface area contributed by atoms with Gasteiger partial charge in [0.15, 0.2) is 0 Å². The first-order valence-corrected chi connectivity index (χ1v) is 6.16. The smallest absolute Gasteiger partial charge is 0.0635 e. The fourth-order valence-corrected chi connectivity index (χ4v) is 2.61. The first-order chi connectivity index (χ1) is 7.24. The van der Waals surface area contributed by atoms with Crippen LogP contribution in [0.4, 0.5) is 5.69 Å². The van der Waals surface area contributed by atoms with Gasteiger partial charge in [0.25, 0.3) is 0 Å². The van der Waals surface area contributed by atoms with Crippen molar-refractivity contribution in [3.8, 4) is 0 Å². The van der Waals surface area contributed by atoms with Crippen molar-refractivity contribution in [3.05, 3.63) is 28.2 Å². The number of benzene rings is 1. The summed E-state index contributed by atoms with van der Waals surface area (Å²) in [7, 11) is 0. The largest absolute Gasteiger partial charge is 0.394 e. The molecule has 1 atom stereocenters. The molecule has 82 valence electrons. The Morgan fingerprint density at radius 3 is 3.07 bits per heavy atom. The Labute approximate surface area is 99.0 Å². The van der Waals surface area contributed by atoms with Crippen molar-refractivity contribution in [2.45, 2.75) is 25.8 Å². The second-order valence-electron chi connectivity index (χ2n) is 4.06. The molecule has 2 nitrogen and oxygen atoms in total. The Hall–Kier alpha value is -0.540. The standard InChI is InChI=1S/C12H16BrNO/c1-9-11(13)5-2-6-12(9)14-7-3-4-10(14)8-15/h2,5-6,10,15H,3-4,7-8H2,1H3/t10-/m1/s1. The maximum Gasteiger partial charge on any atom is 0.0635 e. The van der Waals surface area contributed by atoms with Crippen LogP contribution < -0.4 is 4.90 Å². The van der Waals surface area contributed by atoms with Crippen LogP contribution in [0.5, 0.6) is 0 Å². The third kappa shape index (κ3) is 2.04. The molecule has 0 aliphatic carbocycles. The van der Waals surface area contributed by atoms with Gasteiger partial charge in [0.2, 0.25) is 0 Å². The van der Waals surface area contributed by atoms with E-state index < -0.39 is 0 Å². The summed E-state index contributed by atoms with van der Waals surface area (Å²) in [4.78, 5) is 2.32. The lowest BCUT2D eigenvalue weighted by Crippen LogP contribution is -2.32. The highest BCUT2D eigenvalue weighted by atomic mass is 79.9. The molecule has 0 unspecified atom stereocenters. The van der Waals surface area contributed by atoms with Crippen LogP contribution in [-0.2, 0) is 0 Å². The van der Waals surface area contributed by atoms with Crippen molar-refractivity contribution in [3.63, 3.8) is 0 Å². The second-order valence-corrected chi connectivity index (χ2v) is 4.91. The molecular formula is C12H16BrNO. The van der Waals surface area contributed by atoms with Crippen molar-refractivity contribution in [1.82, 2.24) is 0 Å². The molecule has 0 saturated carbocycles. The number of nitrogens with zero attached hydrogens (tertiary/aromatic N) is 1. The number of rotatable bonds is 2. The monoisotopic (exact) mass is 269 g/mol. The fourth-order valence-electron chi connectivity index (χ4n) is 2.25. The first-order valence-electron chi connectivity index (χ1n) is 5.36. The molecule has 1 aromatic rings. The number of anilines is 1. The number of aliphatic hydroxyl groups is 1. The predicted molar refractivity (Wildman–Crippen MR) is 66.3 cm³/mol. The van der Waals surface area contributed by atoms with Gasteiger partial charge < -0.3 is 10.0 Å². The van der Waals surface area contributed by atoms with E-state index in [1.54, 1.807) is 0 Å². The molecule has 2 rings (SSSR count). The van der Waals surface area contributed by atoms with Crippen LogP contribution in [0.1, 0.15) is 18.4 Å². The number of hydrogen-bond donors (Lipinski definition) is 1. The van der Waals surface area contributed by atoms with Gasteiger partial charge in [0, 0.05) is 16.7 Å². The number of aliphatic hydroxyl groups excluding tert-OH is 1. The predicted octanol–water partition coefficient (Wildman–Crippen LogP) is 2.72. The van der Waals surface area contributed by atoms with E-state index in [9.17, 15) is 5.11 Å². The Kier molecular flexibility index (Phi) is 3.32. The molecule has 3 heteroatoms. The SMILES string of the molecule is Cc1c(Br)cccc1N1CCC[C@@H]1CO. The van der Waals surface area contributed by atoms with Gasteiger partial charge in [-0.2, -0.15) is 0 Å². The summed E-state index contributed by atoms with van der Waals surface area (Å²) in [5.41, 5.74) is 2.51. The summed E-state index contributed by atoms with van der Waals surface area (Å²) in [5, 5.41) is 9.30. The Morgan fingerprint density at radius 1 is 1.53 bits per heavy atom. The van der Waals surface area contributed by atoms with Gasteiger partial charge >= 0.3 is 0 Å². The average molecular weight is 270 g/mol. The lowest BCUT2D eigenvalue weighted by Gasteiger charge is -2.27. The topological polar surface area (TPSA) is 23.5 Å². The van der Waals surface area contributed by atoms with Crippen LogP contribution in [0.2, 0.25) is 0 Å². The van der Waals surface area contributed by atoms with Gasteiger partial charge in [-0.05, 0) is 37.5 Å². The zero-order chi connectivity index (χ0) is 10.8. The van der Waals surface area contributed by atoms with Crippen LogP contribution in [0.25, 0.3) is 0 Å². The highest BCUT2D eigenvalue weighted by molar-refractivity contribution is 9.10. The maximum atomic E-state index is 9.30. The molecule has 0 radical (unpaired) electrons. The van der Waals surface area contributed by atoms with Crippen LogP contribution in [0.3, 0.4) is 0 Å². The molecule has 1 N–H and O–H groups in total. The van der Waals surface area contributed by atoms with Gasteiger partial charge in [-0.3, -0.25) is 0 Å². The minimum atomic E-state index is 0.256. The van der Waals surface area contributed by atoms with E-state index in [1.807, 2.05) is 0 Å². The minimum absolute atomic E-state index is 0.256. The fraction of sp³-hybridized carbons (Fsp3) is 0.500. The Morgan fingerprint density at radius 2 is 2.33 bits per heavy atom. The lowest BCUT2D eigenvalue weighted by molar-refractivity contribution is 0.266. The van der Waals surface area contributed by atoms with Crippen LogP contribution in [0.15, 0.2) is 22.7 Å². The van der Waals surface area contributed by atoms with Crippen molar-refractivity contribution < 1.29 is 5.11 Å². The molecule has 0 amide bonds. The lowest BCUT2D eigenvalue weighted by atomic mass is 10.1. The van der Waals surface area contributed by atoms with Crippen molar-refractivity contribution in [2.24, 2.45) is 0 Å². The molecule has 0 aromatic heterocycles. The quantitative estimate of drug-likeness (QED) is 0.893. The number of hydrogen-bond acceptors (Lipinski definition) is 2. The summed E-state index contributed by atoms with van der Waals surface area (Å²) in [6.45, 7) is 3.43. The third-order valence-corrected chi connectivity index (χ3v) is 4.00. The highest BCUT2D eigenvalue weighted by Crippen LogP contribution is 2.31. The van der Waals surface area contributed by atoms with Crippen LogP contribution >= 0.6 is 15.9 Å². The summed E-state index contributed by atoms with van der Waals surface area (Å²) in [6.07, 6.45) is 2.28. The molecule has 15 heavy (non-hydrogen) atoms. The molecule has 1 aliphatic heterocycles. The average Bonchev–Trinajstić information content (AvgIpc) is 2.70. The first kappa shape index (κ1) is 11.0. The van der Waals surface area contributed by atoms with E-state index in [1.165, 1.54) is 17.7 Å². The molecule has 1 saturated heterocycles. The van der Waals surface area contributed by atoms with E-state index in [2.05, 4.69) is 46.0 Å². The molecule has 0 spiro atoms. The summed E-state index contributed by atoms with van der Waals surface area (Å²) in [5.74, 6) is 0. The summed E-state index contributed by atoms with van der Waals surface area (Å²) >= 11 is 3.55. The molecular weight excluding hydrogens is 254 g/mol. The van der Waals surface area contributed by atoms with Gasteiger partial charge in [0.05, 0.1) is 12.6 Å². The van der Waals surface area contributed by atoms with E-state index in [0.717, 1.165) is 17.4 Å². The van der Waals surface area contributed by atoms with E-state index in [0.29, 0.717) is 6.04 Å². The van der Waals surface area contributed by atoms with Crippen molar-refractivity contribution in [2.75, 3.05) is 18.1 Å². The molecule has 0 bridgehead atoms. The normalized spacial score (nSPS) is 21.0. The van der Waals surface area contributed by atoms with Crippen molar-refractivity contribution in [1.29, 1.82) is 0 Å². The molecule has 1 aromatic carbocycles. The molecule has 1 aliphatic rings. The summed E-state index contributed by atoms with van der Waals surface area (Å²) in [6, 6.07) is 6.55. The Balaban J connectivity index is 2.32. The van der Waals surface area contributed by atoms with Gasteiger partial charge in [0.1, 0.15) is 0 Å². The van der Waals surface area contributed by atoms with Gasteiger partial charge in [-0.25, -0.2) is 0 Å². The van der Waals surface area contributed by atoms with Crippen molar-refractivity contribution >= 4 is 21.6 Å². The summed E-state index contributed by atoms with van der Waals surface area (Å²) < 4.78 is 1.14. The maximum absolute atomic E-state index is 9.30. The zero-order valence-corrected chi connectivity index (χ0v) is 10.5. The Bertz CT molecular complexity index is 353. The van der Waals surface area contributed by atoms with Crippen LogP contribution in [-0.4, -0.2) is 24.3 Å². The van der Waals surface area contributed by atoms with Crippen LogP contribution in [0, 0.1) is 6.92 Å². The van der Waals surface area contributed by atoms with E-state index >= 15 is 0 Å². The van der Waals surface area contributed by atoms with Gasteiger partial charge in [-0.1, -0.05) is 22.0 Å². The van der Waals surface area contributed by atoms with E-state index in [4.69, 9.17) is 0 Å². The third-order valence-electron chi connectivity index (χ3n) is 3.14. The minimum Gasteiger partial charge on any atom is -0.394 e. The number of halogens is 1. The van der Waals surface area contributed by atoms with E-state index in [-0.39, 0.29) is 6.61 Å².